The summed E-state index contributed by atoms with van der Waals surface area (Å²) in [7, 11) is 1.59. The van der Waals surface area contributed by atoms with E-state index in [1.165, 1.54) is 6.20 Å². The number of rotatable bonds is 8. The van der Waals surface area contributed by atoms with Gasteiger partial charge in [-0.25, -0.2) is 0 Å². The van der Waals surface area contributed by atoms with Crippen LogP contribution in [0.3, 0.4) is 0 Å². The van der Waals surface area contributed by atoms with Gasteiger partial charge >= 0.3 is 0 Å². The summed E-state index contributed by atoms with van der Waals surface area (Å²) in [5.74, 6) is 0.670. The van der Waals surface area contributed by atoms with Gasteiger partial charge in [-0.15, -0.1) is 0 Å². The number of carbonyl (C=O) groups excluding carboxylic acids is 3. The summed E-state index contributed by atoms with van der Waals surface area (Å²) < 4.78 is 5.11. The van der Waals surface area contributed by atoms with Gasteiger partial charge < -0.3 is 9.64 Å². The molecule has 2 heterocycles. The number of carbonyl (C=O) groups is 3. The topological polar surface area (TPSA) is 79.8 Å². The summed E-state index contributed by atoms with van der Waals surface area (Å²) >= 11 is 0. The number of benzene rings is 1. The first-order chi connectivity index (χ1) is 14.1. The number of ketones is 2. The third-order valence-corrected chi connectivity index (χ3v) is 5.05. The van der Waals surface area contributed by atoms with Crippen molar-refractivity contribution in [3.05, 3.63) is 59.9 Å². The van der Waals surface area contributed by atoms with Crippen LogP contribution in [0.25, 0.3) is 0 Å². The largest absolute Gasteiger partial charge is 0.497 e. The molecule has 1 aromatic heterocycles. The normalized spacial score (nSPS) is 14.4. The lowest BCUT2D eigenvalue weighted by molar-refractivity contribution is -0.132. The minimum atomic E-state index is -0.0739. The van der Waals surface area contributed by atoms with Gasteiger partial charge in [-0.05, 0) is 36.4 Å². The third kappa shape index (κ3) is 5.71. The van der Waals surface area contributed by atoms with Crippen molar-refractivity contribution in [3.8, 4) is 5.75 Å². The Hall–Kier alpha value is -3.06. The molecule has 0 radical (unpaired) electrons. The number of amides is 1. The smallest absolute Gasteiger partial charge is 0.223 e. The zero-order valence-corrected chi connectivity index (χ0v) is 16.5. The summed E-state index contributed by atoms with van der Waals surface area (Å²) in [5, 5.41) is 0. The number of ether oxygens (including phenoxy) is 1. The Morgan fingerprint density at radius 3 is 2.28 bits per heavy atom. The lowest BCUT2D eigenvalue weighted by Gasteiger charge is -2.34. The molecule has 152 valence electrons. The second-order valence-electron chi connectivity index (χ2n) is 6.97. The predicted molar refractivity (Wildman–Crippen MR) is 108 cm³/mol. The van der Waals surface area contributed by atoms with Crippen LogP contribution in [0, 0.1) is 0 Å². The maximum Gasteiger partial charge on any atom is 0.223 e. The van der Waals surface area contributed by atoms with Crippen LogP contribution in [-0.2, 0) is 4.79 Å². The van der Waals surface area contributed by atoms with Gasteiger partial charge in [-0.1, -0.05) is 0 Å². The van der Waals surface area contributed by atoms with E-state index in [0.717, 1.165) is 5.75 Å². The number of hydrogen-bond donors (Lipinski definition) is 0. The highest BCUT2D eigenvalue weighted by molar-refractivity contribution is 5.98. The van der Waals surface area contributed by atoms with Gasteiger partial charge in [-0.3, -0.25) is 24.3 Å². The summed E-state index contributed by atoms with van der Waals surface area (Å²) in [4.78, 5) is 44.7. The van der Waals surface area contributed by atoms with Gasteiger partial charge in [0, 0.05) is 62.5 Å². The van der Waals surface area contributed by atoms with Gasteiger partial charge in [0.1, 0.15) is 5.75 Å². The summed E-state index contributed by atoms with van der Waals surface area (Å²) in [5.41, 5.74) is 1.18. The number of methoxy groups -OCH3 is 1. The van der Waals surface area contributed by atoms with Crippen molar-refractivity contribution >= 4 is 17.5 Å². The fourth-order valence-corrected chi connectivity index (χ4v) is 3.28. The molecule has 7 nitrogen and oxygen atoms in total. The molecule has 0 unspecified atom stereocenters. The molecule has 0 atom stereocenters. The van der Waals surface area contributed by atoms with Gasteiger partial charge in [0.25, 0.3) is 0 Å². The van der Waals surface area contributed by atoms with Crippen LogP contribution in [-0.4, -0.2) is 72.1 Å². The number of aromatic nitrogens is 1. The van der Waals surface area contributed by atoms with Crippen LogP contribution < -0.4 is 4.74 Å². The Bertz CT molecular complexity index is 844. The molecule has 1 aliphatic rings. The molecule has 7 heteroatoms. The fraction of sp³-hybridized carbons (Fsp3) is 0.364. The van der Waals surface area contributed by atoms with Crippen molar-refractivity contribution in [1.82, 2.24) is 14.8 Å². The van der Waals surface area contributed by atoms with Crippen molar-refractivity contribution in [1.29, 1.82) is 0 Å². The van der Waals surface area contributed by atoms with E-state index in [9.17, 15) is 14.4 Å². The van der Waals surface area contributed by atoms with Crippen molar-refractivity contribution in [2.45, 2.75) is 12.8 Å². The van der Waals surface area contributed by atoms with Gasteiger partial charge in [0.2, 0.25) is 5.91 Å². The highest BCUT2D eigenvalue weighted by Gasteiger charge is 2.23. The minimum Gasteiger partial charge on any atom is -0.497 e. The lowest BCUT2D eigenvalue weighted by atomic mass is 10.1. The Morgan fingerprint density at radius 2 is 1.66 bits per heavy atom. The van der Waals surface area contributed by atoms with E-state index in [-0.39, 0.29) is 30.3 Å². The van der Waals surface area contributed by atoms with Crippen molar-refractivity contribution in [2.75, 3.05) is 39.8 Å². The lowest BCUT2D eigenvalue weighted by Crippen LogP contribution is -2.49. The minimum absolute atomic E-state index is 0.0247. The van der Waals surface area contributed by atoms with Crippen LogP contribution in [0.15, 0.2) is 48.8 Å². The Balaban J connectivity index is 1.41. The standard InChI is InChI=1S/C22H25N3O4/c1-29-19-6-4-17(5-7-19)21(27)16-24-11-13-25(14-12-24)22(28)9-8-20(26)18-3-2-10-23-15-18/h2-7,10,15H,8-9,11-14,16H2,1H3. The van der Waals surface area contributed by atoms with Crippen LogP contribution in [0.1, 0.15) is 33.6 Å². The maximum absolute atomic E-state index is 12.4. The zero-order valence-electron chi connectivity index (χ0n) is 16.5. The summed E-state index contributed by atoms with van der Waals surface area (Å²) in [6.45, 7) is 2.74. The van der Waals surface area contributed by atoms with E-state index < -0.39 is 0 Å². The fourth-order valence-electron chi connectivity index (χ4n) is 3.28. The summed E-state index contributed by atoms with van der Waals surface area (Å²) in [6.07, 6.45) is 3.51. The molecule has 0 bridgehead atoms. The van der Waals surface area contributed by atoms with Crippen molar-refractivity contribution in [2.24, 2.45) is 0 Å². The number of nitrogens with zero attached hydrogens (tertiary/aromatic N) is 3. The second-order valence-corrected chi connectivity index (χ2v) is 6.97. The molecule has 1 saturated heterocycles. The van der Waals surface area contributed by atoms with E-state index in [1.54, 1.807) is 54.6 Å². The first-order valence-corrected chi connectivity index (χ1v) is 9.67. The monoisotopic (exact) mass is 395 g/mol. The molecule has 0 aliphatic carbocycles. The number of hydrogen-bond acceptors (Lipinski definition) is 6. The first-order valence-electron chi connectivity index (χ1n) is 9.67. The second kappa shape index (κ2) is 9.93. The average molecular weight is 395 g/mol. The molecule has 3 rings (SSSR count). The van der Waals surface area contributed by atoms with E-state index in [4.69, 9.17) is 4.74 Å². The Kier molecular flexibility index (Phi) is 7.08. The van der Waals surface area contributed by atoms with Gasteiger partial charge in [0.05, 0.1) is 13.7 Å². The molecule has 1 aromatic carbocycles. The van der Waals surface area contributed by atoms with E-state index in [1.807, 2.05) is 0 Å². The molecule has 1 aliphatic heterocycles. The number of pyridine rings is 1. The summed E-state index contributed by atoms with van der Waals surface area (Å²) in [6, 6.07) is 10.5. The highest BCUT2D eigenvalue weighted by atomic mass is 16.5. The number of piperazine rings is 1. The third-order valence-electron chi connectivity index (χ3n) is 5.05. The van der Waals surface area contributed by atoms with Crippen LogP contribution in [0.4, 0.5) is 0 Å². The average Bonchev–Trinajstić information content (AvgIpc) is 2.78. The molecule has 1 amide bonds. The molecule has 1 fully saturated rings. The van der Waals surface area contributed by atoms with Crippen molar-refractivity contribution in [3.63, 3.8) is 0 Å². The van der Waals surface area contributed by atoms with Crippen molar-refractivity contribution < 1.29 is 19.1 Å². The molecule has 2 aromatic rings. The SMILES string of the molecule is COc1ccc(C(=O)CN2CCN(C(=O)CCC(=O)c3cccnc3)CC2)cc1. The Morgan fingerprint density at radius 1 is 0.931 bits per heavy atom. The molecule has 0 spiro atoms. The van der Waals surface area contributed by atoms with E-state index in [2.05, 4.69) is 9.88 Å². The highest BCUT2D eigenvalue weighted by Crippen LogP contribution is 2.13. The Labute approximate surface area is 170 Å². The van der Waals surface area contributed by atoms with Crippen LogP contribution in [0.2, 0.25) is 0 Å². The van der Waals surface area contributed by atoms with Gasteiger partial charge in [0.15, 0.2) is 11.6 Å². The molecule has 0 saturated carbocycles. The quantitative estimate of drug-likeness (QED) is 0.637. The maximum atomic E-state index is 12.4. The van der Waals surface area contributed by atoms with Gasteiger partial charge in [-0.2, -0.15) is 0 Å². The van der Waals surface area contributed by atoms with Crippen LogP contribution >= 0.6 is 0 Å². The molecular formula is C22H25N3O4. The zero-order chi connectivity index (χ0) is 20.6. The molecule has 0 N–H and O–H groups in total. The van der Waals surface area contributed by atoms with E-state index in [0.29, 0.717) is 43.9 Å². The van der Waals surface area contributed by atoms with E-state index >= 15 is 0 Å². The molecular weight excluding hydrogens is 370 g/mol. The number of Topliss-reactive ketones (excluding diaryl/α,β-unsaturated/α-hetero) is 2. The molecule has 29 heavy (non-hydrogen) atoms. The first kappa shape index (κ1) is 20.7. The predicted octanol–water partition coefficient (Wildman–Crippen LogP) is 2.08. The van der Waals surface area contributed by atoms with Crippen LogP contribution in [0.5, 0.6) is 5.75 Å².